The van der Waals surface area contributed by atoms with Gasteiger partial charge in [-0.05, 0) is 24.6 Å². The highest BCUT2D eigenvalue weighted by Gasteiger charge is 2.19. The summed E-state index contributed by atoms with van der Waals surface area (Å²) in [6, 6.07) is 9.41. The number of anilines is 3. The van der Waals surface area contributed by atoms with Gasteiger partial charge in [-0.3, -0.25) is 9.97 Å². The number of fused-ring (bicyclic) bond motifs is 1. The van der Waals surface area contributed by atoms with E-state index in [0.717, 1.165) is 23.9 Å². The summed E-state index contributed by atoms with van der Waals surface area (Å²) in [5.74, 6) is 0.536. The zero-order chi connectivity index (χ0) is 17.9. The van der Waals surface area contributed by atoms with Crippen molar-refractivity contribution in [1.29, 1.82) is 5.26 Å². The maximum absolute atomic E-state index is 9.45. The van der Waals surface area contributed by atoms with Crippen LogP contribution in [0.4, 0.5) is 17.1 Å². The summed E-state index contributed by atoms with van der Waals surface area (Å²) in [4.78, 5) is 8.46. The standard InChI is InChI=1S/C19H17N5O2/c20-9-12-10-23-16-8-17(26-18-4-2-6-25-18)15(21)7-14(16)19(12)24-13-3-1-5-22-11-13/h1,3,5,7-8,10-11,18H,2,4,6,21H2,(H,23,24). The Morgan fingerprint density at radius 1 is 1.35 bits per heavy atom. The summed E-state index contributed by atoms with van der Waals surface area (Å²) in [7, 11) is 0. The molecular weight excluding hydrogens is 330 g/mol. The van der Waals surface area contributed by atoms with Gasteiger partial charge in [0.1, 0.15) is 11.8 Å². The molecule has 3 heterocycles. The van der Waals surface area contributed by atoms with E-state index in [4.69, 9.17) is 15.2 Å². The van der Waals surface area contributed by atoms with Gasteiger partial charge in [-0.1, -0.05) is 0 Å². The fraction of sp³-hybridized carbons (Fsp3) is 0.211. The molecule has 1 fully saturated rings. The molecule has 1 saturated heterocycles. The third-order valence-corrected chi connectivity index (χ3v) is 4.20. The maximum atomic E-state index is 9.45. The topological polar surface area (TPSA) is 106 Å². The van der Waals surface area contributed by atoms with Gasteiger partial charge >= 0.3 is 0 Å². The molecule has 3 aromatic rings. The molecule has 130 valence electrons. The first-order valence-corrected chi connectivity index (χ1v) is 8.32. The van der Waals surface area contributed by atoms with Crippen molar-refractivity contribution in [3.05, 3.63) is 48.4 Å². The Balaban J connectivity index is 1.77. The largest absolute Gasteiger partial charge is 0.463 e. The molecule has 0 radical (unpaired) electrons. The highest BCUT2D eigenvalue weighted by Crippen LogP contribution is 2.35. The van der Waals surface area contributed by atoms with E-state index in [1.165, 1.54) is 6.20 Å². The van der Waals surface area contributed by atoms with Crippen LogP contribution in [0.1, 0.15) is 18.4 Å². The predicted octanol–water partition coefficient (Wildman–Crippen LogP) is 3.34. The molecule has 0 amide bonds. The molecule has 7 heteroatoms. The van der Waals surface area contributed by atoms with Crippen molar-refractivity contribution >= 4 is 28.0 Å². The SMILES string of the molecule is N#Cc1cnc2cc(OC3CCCO3)c(N)cc2c1Nc1cccnc1. The first-order valence-electron chi connectivity index (χ1n) is 8.32. The van der Waals surface area contributed by atoms with Crippen LogP contribution in [-0.4, -0.2) is 22.9 Å². The van der Waals surface area contributed by atoms with E-state index >= 15 is 0 Å². The highest BCUT2D eigenvalue weighted by molar-refractivity contribution is 5.98. The number of rotatable bonds is 4. The van der Waals surface area contributed by atoms with Crippen LogP contribution in [0.15, 0.2) is 42.9 Å². The number of nitrogens with zero attached hydrogens (tertiary/aromatic N) is 3. The summed E-state index contributed by atoms with van der Waals surface area (Å²) in [6.45, 7) is 0.696. The Hall–Kier alpha value is -3.37. The van der Waals surface area contributed by atoms with E-state index in [9.17, 15) is 5.26 Å². The van der Waals surface area contributed by atoms with Crippen LogP contribution in [0.25, 0.3) is 10.9 Å². The average molecular weight is 347 g/mol. The fourth-order valence-electron chi connectivity index (χ4n) is 2.92. The van der Waals surface area contributed by atoms with Crippen LogP contribution in [0.3, 0.4) is 0 Å². The van der Waals surface area contributed by atoms with Crippen LogP contribution in [0.2, 0.25) is 0 Å². The van der Waals surface area contributed by atoms with Crippen LogP contribution < -0.4 is 15.8 Å². The van der Waals surface area contributed by atoms with Gasteiger partial charge in [-0.25, -0.2) is 0 Å². The van der Waals surface area contributed by atoms with Crippen LogP contribution in [-0.2, 0) is 4.74 Å². The van der Waals surface area contributed by atoms with Gasteiger partial charge in [0.2, 0.25) is 0 Å². The molecule has 1 aliphatic rings. The number of nitrogen functional groups attached to an aromatic ring is 1. The van der Waals surface area contributed by atoms with Gasteiger partial charge < -0.3 is 20.5 Å². The molecule has 1 aliphatic heterocycles. The number of nitrogens with one attached hydrogen (secondary N) is 1. The normalized spacial score (nSPS) is 16.3. The Bertz CT molecular complexity index is 979. The number of hydrogen-bond acceptors (Lipinski definition) is 7. The zero-order valence-electron chi connectivity index (χ0n) is 14.0. The van der Waals surface area contributed by atoms with E-state index in [-0.39, 0.29) is 6.29 Å². The molecule has 1 aromatic carbocycles. The lowest BCUT2D eigenvalue weighted by atomic mass is 10.1. The minimum Gasteiger partial charge on any atom is -0.463 e. The van der Waals surface area contributed by atoms with Gasteiger partial charge in [0, 0.05) is 30.3 Å². The molecule has 3 N–H and O–H groups in total. The van der Waals surface area contributed by atoms with Gasteiger partial charge in [0.15, 0.2) is 6.29 Å². The second-order valence-electron chi connectivity index (χ2n) is 5.99. The lowest BCUT2D eigenvalue weighted by Gasteiger charge is -2.16. The van der Waals surface area contributed by atoms with Gasteiger partial charge in [0.25, 0.3) is 0 Å². The van der Waals surface area contributed by atoms with Gasteiger partial charge in [-0.15, -0.1) is 0 Å². The lowest BCUT2D eigenvalue weighted by molar-refractivity contribution is -0.0385. The third-order valence-electron chi connectivity index (χ3n) is 4.20. The number of aromatic nitrogens is 2. The molecule has 1 atom stereocenters. The average Bonchev–Trinajstić information content (AvgIpc) is 3.17. The summed E-state index contributed by atoms with van der Waals surface area (Å²) in [5.41, 5.74) is 9.17. The fourth-order valence-corrected chi connectivity index (χ4v) is 2.92. The minimum absolute atomic E-state index is 0.277. The maximum Gasteiger partial charge on any atom is 0.200 e. The number of nitrogens with two attached hydrogens (primary N) is 1. The van der Waals surface area contributed by atoms with E-state index in [1.54, 1.807) is 24.5 Å². The van der Waals surface area contributed by atoms with E-state index in [2.05, 4.69) is 21.4 Å². The van der Waals surface area contributed by atoms with Gasteiger partial charge in [-0.2, -0.15) is 5.26 Å². The smallest absolute Gasteiger partial charge is 0.200 e. The molecular formula is C19H17N5O2. The molecule has 4 rings (SSSR count). The quantitative estimate of drug-likeness (QED) is 0.697. The van der Waals surface area contributed by atoms with Crippen molar-refractivity contribution in [2.75, 3.05) is 17.7 Å². The van der Waals surface area contributed by atoms with Crippen LogP contribution >= 0.6 is 0 Å². The molecule has 26 heavy (non-hydrogen) atoms. The van der Waals surface area contributed by atoms with Crippen molar-refractivity contribution in [1.82, 2.24) is 9.97 Å². The van der Waals surface area contributed by atoms with Crippen LogP contribution in [0, 0.1) is 11.3 Å². The summed E-state index contributed by atoms with van der Waals surface area (Å²) in [5, 5.41) is 13.4. The van der Waals surface area contributed by atoms with Crippen molar-refractivity contribution in [3.63, 3.8) is 0 Å². The first kappa shape index (κ1) is 16.1. The van der Waals surface area contributed by atoms with Gasteiger partial charge in [0.05, 0.1) is 40.9 Å². The Morgan fingerprint density at radius 2 is 2.27 bits per heavy atom. The number of hydrogen-bond donors (Lipinski definition) is 2. The molecule has 0 aliphatic carbocycles. The first-order chi connectivity index (χ1) is 12.7. The molecule has 0 saturated carbocycles. The Kier molecular flexibility index (Phi) is 4.25. The summed E-state index contributed by atoms with van der Waals surface area (Å²) >= 11 is 0. The van der Waals surface area contributed by atoms with Crippen molar-refractivity contribution in [2.45, 2.75) is 19.1 Å². The number of ether oxygens (including phenoxy) is 2. The Morgan fingerprint density at radius 3 is 3.00 bits per heavy atom. The second kappa shape index (κ2) is 6.86. The monoisotopic (exact) mass is 347 g/mol. The number of pyridine rings is 2. The third kappa shape index (κ3) is 3.10. The van der Waals surface area contributed by atoms with E-state index in [0.29, 0.717) is 34.8 Å². The second-order valence-corrected chi connectivity index (χ2v) is 5.99. The molecule has 7 nitrogen and oxygen atoms in total. The zero-order valence-corrected chi connectivity index (χ0v) is 14.0. The number of benzene rings is 1. The van der Waals surface area contributed by atoms with Crippen molar-refractivity contribution in [2.24, 2.45) is 0 Å². The molecule has 0 spiro atoms. The summed E-state index contributed by atoms with van der Waals surface area (Å²) < 4.78 is 11.3. The predicted molar refractivity (Wildman–Crippen MR) is 98.0 cm³/mol. The number of nitriles is 1. The lowest BCUT2D eigenvalue weighted by Crippen LogP contribution is -2.15. The van der Waals surface area contributed by atoms with Crippen molar-refractivity contribution < 1.29 is 9.47 Å². The van der Waals surface area contributed by atoms with E-state index in [1.807, 2.05) is 12.1 Å². The van der Waals surface area contributed by atoms with Crippen molar-refractivity contribution in [3.8, 4) is 11.8 Å². The highest BCUT2D eigenvalue weighted by atomic mass is 16.7. The summed E-state index contributed by atoms with van der Waals surface area (Å²) in [6.07, 6.45) is 6.45. The molecule has 2 aromatic heterocycles. The Labute approximate surface area is 150 Å². The molecule has 1 unspecified atom stereocenters. The minimum atomic E-state index is -0.277. The van der Waals surface area contributed by atoms with E-state index < -0.39 is 0 Å². The van der Waals surface area contributed by atoms with Crippen LogP contribution in [0.5, 0.6) is 5.75 Å². The molecule has 0 bridgehead atoms.